The van der Waals surface area contributed by atoms with Gasteiger partial charge in [-0.05, 0) is 43.7 Å². The summed E-state index contributed by atoms with van der Waals surface area (Å²) in [5, 5.41) is 2.90. The topological polar surface area (TPSA) is 74.5 Å². The zero-order valence-corrected chi connectivity index (χ0v) is 20.7. The van der Waals surface area contributed by atoms with E-state index in [2.05, 4.69) is 50.4 Å². The van der Waals surface area contributed by atoms with Gasteiger partial charge in [0, 0.05) is 56.8 Å². The zero-order valence-electron chi connectivity index (χ0n) is 20.7. The van der Waals surface area contributed by atoms with Crippen LogP contribution >= 0.6 is 0 Å². The number of unbranched alkanes of at least 4 members (excludes halogenated alkanes) is 7. The molecule has 1 fully saturated rings. The van der Waals surface area contributed by atoms with Crippen LogP contribution < -0.4 is 16.0 Å². The van der Waals surface area contributed by atoms with E-state index in [9.17, 15) is 4.79 Å². The quantitative estimate of drug-likeness (QED) is 0.380. The van der Waals surface area contributed by atoms with E-state index >= 15 is 0 Å². The molecular weight excluding hydrogens is 422 g/mol. The Labute approximate surface area is 205 Å². The first-order valence-electron chi connectivity index (χ1n) is 13.2. The van der Waals surface area contributed by atoms with Crippen molar-refractivity contribution in [3.05, 3.63) is 60.4 Å². The number of nitrogens with zero attached hydrogens (tertiary/aromatic N) is 3. The van der Waals surface area contributed by atoms with Gasteiger partial charge in [-0.15, -0.1) is 0 Å². The van der Waals surface area contributed by atoms with Gasteiger partial charge in [0.25, 0.3) is 5.91 Å². The molecule has 2 heterocycles. The van der Waals surface area contributed by atoms with Crippen LogP contribution in [0.15, 0.2) is 54.9 Å². The fourth-order valence-corrected chi connectivity index (χ4v) is 4.60. The van der Waals surface area contributed by atoms with Crippen molar-refractivity contribution < 1.29 is 4.79 Å². The minimum atomic E-state index is -0.0991. The molecule has 3 rings (SSSR count). The monoisotopic (exact) mass is 465 g/mol. The first-order chi connectivity index (χ1) is 16.7. The Bertz CT molecular complexity index is 793. The summed E-state index contributed by atoms with van der Waals surface area (Å²) in [5.41, 5.74) is 8.10. The third-order valence-corrected chi connectivity index (χ3v) is 6.74. The van der Waals surface area contributed by atoms with Crippen LogP contribution in [-0.2, 0) is 0 Å². The number of amides is 1. The van der Waals surface area contributed by atoms with Gasteiger partial charge in [0.1, 0.15) is 0 Å². The molecule has 1 atom stereocenters. The molecule has 34 heavy (non-hydrogen) atoms. The van der Waals surface area contributed by atoms with Crippen LogP contribution in [0.25, 0.3) is 0 Å². The number of pyridine rings is 1. The summed E-state index contributed by atoms with van der Waals surface area (Å²) in [6.07, 6.45) is 14.6. The smallest absolute Gasteiger partial charge is 0.252 e. The number of carbonyl (C=O) groups is 1. The van der Waals surface area contributed by atoms with E-state index in [1.165, 1.54) is 70.3 Å². The molecule has 3 N–H and O–H groups in total. The third-order valence-electron chi connectivity index (χ3n) is 6.74. The highest BCUT2D eigenvalue weighted by Crippen LogP contribution is 2.16. The molecule has 2 aromatic rings. The minimum Gasteiger partial charge on any atom is -0.369 e. The molecule has 0 radical (unpaired) electrons. The number of piperazine rings is 1. The van der Waals surface area contributed by atoms with Crippen molar-refractivity contribution in [1.29, 1.82) is 0 Å². The lowest BCUT2D eigenvalue weighted by atomic mass is 10.0. The number of hydrogen-bond acceptors (Lipinski definition) is 5. The van der Waals surface area contributed by atoms with Crippen molar-refractivity contribution >= 4 is 11.6 Å². The van der Waals surface area contributed by atoms with Gasteiger partial charge < -0.3 is 16.0 Å². The molecule has 1 amide bonds. The van der Waals surface area contributed by atoms with E-state index < -0.39 is 0 Å². The van der Waals surface area contributed by atoms with Gasteiger partial charge in [0.2, 0.25) is 0 Å². The van der Waals surface area contributed by atoms with Crippen LogP contribution in [0.1, 0.15) is 68.1 Å². The highest BCUT2D eigenvalue weighted by molar-refractivity contribution is 5.93. The molecule has 0 saturated carbocycles. The zero-order chi connectivity index (χ0) is 23.8. The summed E-state index contributed by atoms with van der Waals surface area (Å²) < 4.78 is 0. The van der Waals surface area contributed by atoms with Crippen molar-refractivity contribution in [2.75, 3.05) is 44.2 Å². The molecule has 1 unspecified atom stereocenters. The third kappa shape index (κ3) is 9.82. The molecule has 0 aliphatic carbocycles. The van der Waals surface area contributed by atoms with Crippen LogP contribution in [0, 0.1) is 0 Å². The van der Waals surface area contributed by atoms with E-state index in [0.717, 1.165) is 25.9 Å². The Morgan fingerprint density at radius 3 is 2.24 bits per heavy atom. The average molecular weight is 466 g/mol. The average Bonchev–Trinajstić information content (AvgIpc) is 2.89. The Morgan fingerprint density at radius 2 is 1.56 bits per heavy atom. The summed E-state index contributed by atoms with van der Waals surface area (Å²) in [7, 11) is 0. The lowest BCUT2D eigenvalue weighted by Crippen LogP contribution is -2.46. The van der Waals surface area contributed by atoms with Crippen molar-refractivity contribution in [2.45, 2.75) is 63.8 Å². The van der Waals surface area contributed by atoms with Crippen molar-refractivity contribution in [3.63, 3.8) is 0 Å². The van der Waals surface area contributed by atoms with Gasteiger partial charge in [-0.3, -0.25) is 14.7 Å². The SMILES string of the molecule is NC(CCCCCCCCCCN1CCN(c2ccccc2)CC1)CNC(=O)c1cccnc1. The number of nitrogens with one attached hydrogen (secondary N) is 1. The summed E-state index contributed by atoms with van der Waals surface area (Å²) in [6, 6.07) is 14.3. The molecular formula is C28H43N5O. The minimum absolute atomic E-state index is 0.0233. The van der Waals surface area contributed by atoms with Gasteiger partial charge in [0.15, 0.2) is 0 Å². The van der Waals surface area contributed by atoms with E-state index in [4.69, 9.17) is 5.73 Å². The predicted octanol–water partition coefficient (Wildman–Crippen LogP) is 4.47. The molecule has 1 saturated heterocycles. The van der Waals surface area contributed by atoms with E-state index in [1.807, 2.05) is 0 Å². The van der Waals surface area contributed by atoms with Crippen molar-refractivity contribution in [2.24, 2.45) is 5.73 Å². The number of hydrogen-bond donors (Lipinski definition) is 2. The number of carbonyl (C=O) groups excluding carboxylic acids is 1. The number of para-hydroxylation sites is 1. The van der Waals surface area contributed by atoms with Gasteiger partial charge in [-0.1, -0.05) is 63.1 Å². The number of anilines is 1. The highest BCUT2D eigenvalue weighted by atomic mass is 16.1. The molecule has 6 heteroatoms. The second-order valence-corrected chi connectivity index (χ2v) is 9.49. The van der Waals surface area contributed by atoms with Crippen LogP contribution in [0.2, 0.25) is 0 Å². The maximum Gasteiger partial charge on any atom is 0.252 e. The van der Waals surface area contributed by atoms with Gasteiger partial charge in [0.05, 0.1) is 5.56 Å². The number of benzene rings is 1. The summed E-state index contributed by atoms with van der Waals surface area (Å²) in [6.45, 7) is 6.43. The molecule has 1 aliphatic heterocycles. The number of rotatable bonds is 15. The molecule has 0 bridgehead atoms. The van der Waals surface area contributed by atoms with Gasteiger partial charge >= 0.3 is 0 Å². The number of nitrogens with two attached hydrogens (primary N) is 1. The molecule has 0 spiro atoms. The summed E-state index contributed by atoms with van der Waals surface area (Å²) in [5.74, 6) is -0.0991. The first-order valence-corrected chi connectivity index (χ1v) is 13.2. The highest BCUT2D eigenvalue weighted by Gasteiger charge is 2.16. The molecule has 6 nitrogen and oxygen atoms in total. The van der Waals surface area contributed by atoms with E-state index in [-0.39, 0.29) is 11.9 Å². The maximum atomic E-state index is 12.0. The van der Waals surface area contributed by atoms with E-state index in [0.29, 0.717) is 12.1 Å². The van der Waals surface area contributed by atoms with Crippen LogP contribution in [-0.4, -0.2) is 61.1 Å². The van der Waals surface area contributed by atoms with Gasteiger partial charge in [-0.2, -0.15) is 0 Å². The number of aromatic nitrogens is 1. The molecule has 1 aliphatic rings. The van der Waals surface area contributed by atoms with Gasteiger partial charge in [-0.25, -0.2) is 0 Å². The largest absolute Gasteiger partial charge is 0.369 e. The second kappa shape index (κ2) is 15.5. The molecule has 186 valence electrons. The van der Waals surface area contributed by atoms with Crippen molar-refractivity contribution in [1.82, 2.24) is 15.2 Å². The standard InChI is InChI=1S/C28H43N5O/c29-26(24-31-28(34)25-13-12-17-30-23-25)14-8-5-3-1-2-4-6-11-18-32-19-21-33(22-20-32)27-15-9-7-10-16-27/h7,9-10,12-13,15-17,23,26H,1-6,8,11,14,18-22,24,29H2,(H,31,34). The summed E-state index contributed by atoms with van der Waals surface area (Å²) >= 11 is 0. The second-order valence-electron chi connectivity index (χ2n) is 9.49. The Morgan fingerprint density at radius 1 is 0.882 bits per heavy atom. The molecule has 1 aromatic heterocycles. The van der Waals surface area contributed by atoms with Crippen molar-refractivity contribution in [3.8, 4) is 0 Å². The molecule has 1 aromatic carbocycles. The maximum absolute atomic E-state index is 12.0. The van der Waals surface area contributed by atoms with Crippen LogP contribution in [0.4, 0.5) is 5.69 Å². The van der Waals surface area contributed by atoms with Crippen LogP contribution in [0.3, 0.4) is 0 Å². The Hall–Kier alpha value is -2.44. The predicted molar refractivity (Wildman–Crippen MR) is 141 cm³/mol. The lowest BCUT2D eigenvalue weighted by Gasteiger charge is -2.36. The van der Waals surface area contributed by atoms with Crippen LogP contribution in [0.5, 0.6) is 0 Å². The summed E-state index contributed by atoms with van der Waals surface area (Å²) in [4.78, 5) is 21.1. The van der Waals surface area contributed by atoms with E-state index in [1.54, 1.807) is 24.5 Å². The Balaban J connectivity index is 1.09. The fraction of sp³-hybridized carbons (Fsp3) is 0.571. The Kier molecular flexibility index (Phi) is 11.9. The normalized spacial score (nSPS) is 15.3. The lowest BCUT2D eigenvalue weighted by molar-refractivity contribution is 0.0950. The first kappa shape index (κ1) is 26.2. The fourth-order valence-electron chi connectivity index (χ4n) is 4.60.